The van der Waals surface area contributed by atoms with Crippen LogP contribution < -0.4 is 0 Å². The summed E-state index contributed by atoms with van der Waals surface area (Å²) in [7, 11) is 0. The molecule has 0 heterocycles. The average Bonchev–Trinajstić information content (AvgIpc) is 2.77. The van der Waals surface area contributed by atoms with Crippen LogP contribution in [-0.2, 0) is 12.8 Å². The highest BCUT2D eigenvalue weighted by Crippen LogP contribution is 2.33. The molecule has 162 valence electrons. The Morgan fingerprint density at radius 1 is 0.469 bits per heavy atom. The first-order chi connectivity index (χ1) is 15.6. The van der Waals surface area contributed by atoms with Crippen molar-refractivity contribution in [1.29, 1.82) is 0 Å². The molecule has 0 nitrogen and oxygen atoms in total. The molecule has 0 N–H and O–H groups in total. The minimum atomic E-state index is -0.169. The number of halogens is 2. The van der Waals surface area contributed by atoms with Gasteiger partial charge in [0.15, 0.2) is 0 Å². The predicted molar refractivity (Wildman–Crippen MR) is 134 cm³/mol. The highest BCUT2D eigenvalue weighted by Gasteiger charge is 2.10. The lowest BCUT2D eigenvalue weighted by molar-refractivity contribution is 0.626. The van der Waals surface area contributed by atoms with E-state index in [1.165, 1.54) is 0 Å². The van der Waals surface area contributed by atoms with E-state index >= 15 is 0 Å². The van der Waals surface area contributed by atoms with Crippen molar-refractivity contribution in [3.8, 4) is 0 Å². The number of fused-ring (bicyclic) bond motifs is 4. The van der Waals surface area contributed by atoms with Crippen LogP contribution in [0.2, 0.25) is 0 Å². The summed E-state index contributed by atoms with van der Waals surface area (Å²) in [6.07, 6.45) is 6.03. The molecule has 0 unspecified atom stereocenters. The van der Waals surface area contributed by atoms with Crippen LogP contribution >= 0.6 is 0 Å². The molecule has 0 bridgehead atoms. The number of hydrogen-bond donors (Lipinski definition) is 0. The molecule has 5 aromatic carbocycles. The van der Waals surface area contributed by atoms with E-state index in [9.17, 15) is 8.78 Å². The largest absolute Gasteiger partial charge is 0.207 e. The number of benzene rings is 5. The maximum atomic E-state index is 14.3. The van der Waals surface area contributed by atoms with Crippen LogP contribution in [0.25, 0.3) is 43.1 Å². The second-order valence-electron chi connectivity index (χ2n) is 9.03. The topological polar surface area (TPSA) is 0 Å². The van der Waals surface area contributed by atoms with Gasteiger partial charge in [0.25, 0.3) is 0 Å². The molecule has 5 rings (SSSR count). The molecule has 0 radical (unpaired) electrons. The van der Waals surface area contributed by atoms with Gasteiger partial charge >= 0.3 is 0 Å². The molecule has 0 aromatic heterocycles. The molecule has 0 amide bonds. The molecule has 0 saturated heterocycles. The van der Waals surface area contributed by atoms with E-state index in [0.717, 1.165) is 92.7 Å². The van der Waals surface area contributed by atoms with E-state index < -0.39 is 0 Å². The second kappa shape index (κ2) is 8.50. The molecule has 0 atom stereocenters. The summed E-state index contributed by atoms with van der Waals surface area (Å²) in [5.74, 6) is -0.338. The number of aryl methyl sites for hydroxylation is 2. The molecular formula is C30H28F2. The van der Waals surface area contributed by atoms with E-state index in [4.69, 9.17) is 0 Å². The summed E-state index contributed by atoms with van der Waals surface area (Å²) in [5, 5.41) is 8.64. The van der Waals surface area contributed by atoms with Crippen molar-refractivity contribution in [2.75, 3.05) is 0 Å². The van der Waals surface area contributed by atoms with Crippen LogP contribution in [0.5, 0.6) is 0 Å². The number of unbranched alkanes of at least 4 members (excludes halogenated alkanes) is 2. The fraction of sp³-hybridized carbons (Fsp3) is 0.267. The quantitative estimate of drug-likeness (QED) is 0.237. The van der Waals surface area contributed by atoms with Gasteiger partial charge in [-0.25, -0.2) is 8.78 Å². The van der Waals surface area contributed by atoms with Crippen LogP contribution in [0, 0.1) is 11.6 Å². The Morgan fingerprint density at radius 3 is 1.25 bits per heavy atom. The van der Waals surface area contributed by atoms with Crippen LogP contribution in [0.15, 0.2) is 60.7 Å². The van der Waals surface area contributed by atoms with Crippen molar-refractivity contribution in [1.82, 2.24) is 0 Å². The summed E-state index contributed by atoms with van der Waals surface area (Å²) in [5.41, 5.74) is 2.15. The van der Waals surface area contributed by atoms with Crippen LogP contribution in [-0.4, -0.2) is 0 Å². The summed E-state index contributed by atoms with van der Waals surface area (Å²) < 4.78 is 28.6. The zero-order valence-electron chi connectivity index (χ0n) is 18.8. The third-order valence-corrected chi connectivity index (χ3v) is 6.63. The van der Waals surface area contributed by atoms with Crippen molar-refractivity contribution in [3.63, 3.8) is 0 Å². The number of hydrogen-bond acceptors (Lipinski definition) is 0. The fourth-order valence-corrected chi connectivity index (χ4v) is 4.95. The third-order valence-electron chi connectivity index (χ3n) is 6.63. The predicted octanol–water partition coefficient (Wildman–Crippen LogP) is 9.26. The Bertz CT molecular complexity index is 1350. The Hall–Kier alpha value is -3.00. The van der Waals surface area contributed by atoms with E-state index in [1.807, 2.05) is 0 Å². The first kappa shape index (κ1) is 20.9. The SMILES string of the molecule is CCCCc1cc(F)cc2cc3cc4cc5c(CCCC)cc(F)cc5cc4cc3cc12. The van der Waals surface area contributed by atoms with Gasteiger partial charge in [0, 0.05) is 0 Å². The zero-order valence-corrected chi connectivity index (χ0v) is 18.8. The maximum Gasteiger partial charge on any atom is 0.124 e. The Labute approximate surface area is 187 Å². The van der Waals surface area contributed by atoms with Gasteiger partial charge in [-0.05, 0) is 141 Å². The summed E-state index contributed by atoms with van der Waals surface area (Å²) >= 11 is 0. The van der Waals surface area contributed by atoms with Crippen molar-refractivity contribution >= 4 is 43.1 Å². The van der Waals surface area contributed by atoms with Crippen molar-refractivity contribution in [2.24, 2.45) is 0 Å². The van der Waals surface area contributed by atoms with Gasteiger partial charge in [-0.3, -0.25) is 0 Å². The molecule has 0 aliphatic carbocycles. The molecule has 0 saturated carbocycles. The van der Waals surface area contributed by atoms with E-state index in [-0.39, 0.29) is 11.6 Å². The van der Waals surface area contributed by atoms with Crippen LogP contribution in [0.1, 0.15) is 50.7 Å². The van der Waals surface area contributed by atoms with Crippen LogP contribution in [0.3, 0.4) is 0 Å². The smallest absolute Gasteiger partial charge is 0.124 e. The van der Waals surface area contributed by atoms with Gasteiger partial charge in [0.2, 0.25) is 0 Å². The lowest BCUT2D eigenvalue weighted by atomic mass is 9.93. The Balaban J connectivity index is 1.74. The van der Waals surface area contributed by atoms with Gasteiger partial charge in [0.05, 0.1) is 0 Å². The lowest BCUT2D eigenvalue weighted by Gasteiger charge is -2.12. The maximum absolute atomic E-state index is 14.3. The Morgan fingerprint density at radius 2 is 0.844 bits per heavy atom. The zero-order chi connectivity index (χ0) is 22.2. The molecule has 0 fully saturated rings. The highest BCUT2D eigenvalue weighted by molar-refractivity contribution is 6.09. The molecule has 0 spiro atoms. The van der Waals surface area contributed by atoms with Gasteiger partial charge in [-0.1, -0.05) is 26.7 Å². The summed E-state index contributed by atoms with van der Waals surface area (Å²) in [4.78, 5) is 0. The van der Waals surface area contributed by atoms with Gasteiger partial charge in [-0.2, -0.15) is 0 Å². The minimum absolute atomic E-state index is 0.169. The molecule has 5 aromatic rings. The van der Waals surface area contributed by atoms with Crippen molar-refractivity contribution in [2.45, 2.75) is 52.4 Å². The molecular weight excluding hydrogens is 398 g/mol. The van der Waals surface area contributed by atoms with Gasteiger partial charge < -0.3 is 0 Å². The highest BCUT2D eigenvalue weighted by atomic mass is 19.1. The number of rotatable bonds is 6. The summed E-state index contributed by atoms with van der Waals surface area (Å²) in [6, 6.07) is 19.6. The van der Waals surface area contributed by atoms with Crippen LogP contribution in [0.4, 0.5) is 8.78 Å². The van der Waals surface area contributed by atoms with E-state index in [1.54, 1.807) is 24.3 Å². The Kier molecular flexibility index (Phi) is 5.55. The fourth-order valence-electron chi connectivity index (χ4n) is 4.95. The lowest BCUT2D eigenvalue weighted by Crippen LogP contribution is -1.91. The molecule has 0 aliphatic heterocycles. The van der Waals surface area contributed by atoms with Crippen molar-refractivity contribution in [3.05, 3.63) is 83.4 Å². The summed E-state index contributed by atoms with van der Waals surface area (Å²) in [6.45, 7) is 4.31. The molecule has 32 heavy (non-hydrogen) atoms. The monoisotopic (exact) mass is 426 g/mol. The molecule has 0 aliphatic rings. The van der Waals surface area contributed by atoms with E-state index in [2.05, 4.69) is 50.2 Å². The third kappa shape index (κ3) is 3.83. The van der Waals surface area contributed by atoms with Gasteiger partial charge in [0.1, 0.15) is 11.6 Å². The van der Waals surface area contributed by atoms with E-state index in [0.29, 0.717) is 0 Å². The van der Waals surface area contributed by atoms with Gasteiger partial charge in [-0.15, -0.1) is 0 Å². The minimum Gasteiger partial charge on any atom is -0.207 e. The van der Waals surface area contributed by atoms with Crippen molar-refractivity contribution < 1.29 is 8.78 Å². The first-order valence-corrected chi connectivity index (χ1v) is 11.8. The normalized spacial score (nSPS) is 11.9. The first-order valence-electron chi connectivity index (χ1n) is 11.8. The standard InChI is InChI=1S/C30H28F2/c1-3-5-7-19-13-27(31)15-25-11-21-10-24-18-30-20(8-6-4-2)14-28(32)16-26(30)12-22(24)9-23(21)17-29(19)25/h9-18H,3-8H2,1-2H3. The average molecular weight is 427 g/mol. The molecule has 2 heteroatoms. The second-order valence-corrected chi connectivity index (χ2v) is 9.03.